The number of aryl methyl sites for hydroxylation is 1. The van der Waals surface area contributed by atoms with Crippen LogP contribution in [0.15, 0.2) is 12.1 Å². The Morgan fingerprint density at radius 1 is 1.47 bits per heavy atom. The van der Waals surface area contributed by atoms with E-state index in [9.17, 15) is 4.79 Å². The zero-order valence-electron chi connectivity index (χ0n) is 10.7. The maximum absolute atomic E-state index is 12.0. The van der Waals surface area contributed by atoms with Crippen LogP contribution in [0, 0.1) is 0 Å². The highest BCUT2D eigenvalue weighted by Gasteiger charge is 2.24. The maximum Gasteiger partial charge on any atom is 0.261 e. The van der Waals surface area contributed by atoms with Crippen molar-refractivity contribution < 1.29 is 9.90 Å². The molecule has 1 heterocycles. The summed E-state index contributed by atoms with van der Waals surface area (Å²) in [5.74, 6) is -0.0347. The topological polar surface area (TPSA) is 49.3 Å². The Hall–Kier alpha value is -0.870. The second-order valence-electron chi connectivity index (χ2n) is 4.46. The van der Waals surface area contributed by atoms with Crippen LogP contribution < -0.4 is 5.32 Å². The Morgan fingerprint density at radius 3 is 2.65 bits per heavy atom. The highest BCUT2D eigenvalue weighted by Crippen LogP contribution is 2.20. The van der Waals surface area contributed by atoms with Crippen LogP contribution in [-0.2, 0) is 6.42 Å². The smallest absolute Gasteiger partial charge is 0.261 e. The monoisotopic (exact) mass is 255 g/mol. The van der Waals surface area contributed by atoms with Crippen molar-refractivity contribution in [1.29, 1.82) is 0 Å². The van der Waals surface area contributed by atoms with Crippen molar-refractivity contribution in [2.75, 3.05) is 6.61 Å². The van der Waals surface area contributed by atoms with E-state index in [1.165, 1.54) is 16.2 Å². The number of carbonyl (C=O) groups excluding carboxylic acids is 1. The van der Waals surface area contributed by atoms with E-state index in [1.807, 2.05) is 26.0 Å². The third kappa shape index (κ3) is 3.82. The largest absolute Gasteiger partial charge is 0.396 e. The third-order valence-electron chi connectivity index (χ3n) is 3.09. The Bertz CT molecular complexity index is 375. The summed E-state index contributed by atoms with van der Waals surface area (Å²) >= 11 is 1.54. The number of hydrogen-bond acceptors (Lipinski definition) is 3. The van der Waals surface area contributed by atoms with Crippen LogP contribution in [0.2, 0.25) is 0 Å². The Balaban J connectivity index is 2.70. The average Bonchev–Trinajstić information content (AvgIpc) is 2.78. The molecule has 1 atom stereocenters. The third-order valence-corrected chi connectivity index (χ3v) is 4.32. The predicted octanol–water partition coefficient (Wildman–Crippen LogP) is 2.59. The fourth-order valence-electron chi connectivity index (χ4n) is 1.60. The van der Waals surface area contributed by atoms with Gasteiger partial charge in [-0.05, 0) is 38.3 Å². The number of amides is 1. The maximum atomic E-state index is 12.0. The number of aliphatic hydroxyl groups is 1. The predicted molar refractivity (Wildman–Crippen MR) is 71.6 cm³/mol. The van der Waals surface area contributed by atoms with Gasteiger partial charge in [0.2, 0.25) is 0 Å². The van der Waals surface area contributed by atoms with E-state index in [0.717, 1.165) is 17.7 Å². The minimum Gasteiger partial charge on any atom is -0.396 e. The summed E-state index contributed by atoms with van der Waals surface area (Å²) in [7, 11) is 0. The summed E-state index contributed by atoms with van der Waals surface area (Å²) in [6, 6.07) is 3.86. The van der Waals surface area contributed by atoms with Crippen molar-refractivity contribution in [3.63, 3.8) is 0 Å². The minimum absolute atomic E-state index is 0.0347. The van der Waals surface area contributed by atoms with Gasteiger partial charge in [0.15, 0.2) is 0 Å². The van der Waals surface area contributed by atoms with E-state index >= 15 is 0 Å². The van der Waals surface area contributed by atoms with Crippen LogP contribution in [0.4, 0.5) is 0 Å². The van der Waals surface area contributed by atoms with Crippen molar-refractivity contribution in [3.05, 3.63) is 21.9 Å². The van der Waals surface area contributed by atoms with Crippen molar-refractivity contribution in [1.82, 2.24) is 5.32 Å². The SMILES string of the molecule is CCc1ccc(C(=O)NC(C)(CC)CCO)s1. The summed E-state index contributed by atoms with van der Waals surface area (Å²) in [5.41, 5.74) is -0.317. The van der Waals surface area contributed by atoms with Gasteiger partial charge in [-0.2, -0.15) is 0 Å². The molecule has 1 unspecified atom stereocenters. The molecule has 0 aromatic carbocycles. The summed E-state index contributed by atoms with van der Waals surface area (Å²) < 4.78 is 0. The van der Waals surface area contributed by atoms with Gasteiger partial charge >= 0.3 is 0 Å². The molecule has 1 rings (SSSR count). The standard InChI is InChI=1S/C13H21NO2S/c1-4-10-6-7-11(17-10)12(16)14-13(3,5-2)8-9-15/h6-7,15H,4-5,8-9H2,1-3H3,(H,14,16). The fourth-order valence-corrected chi connectivity index (χ4v) is 2.44. The van der Waals surface area contributed by atoms with Crippen LogP contribution in [0.25, 0.3) is 0 Å². The van der Waals surface area contributed by atoms with Gasteiger partial charge in [0.05, 0.1) is 4.88 Å². The molecule has 0 saturated carbocycles. The van der Waals surface area contributed by atoms with Gasteiger partial charge in [-0.3, -0.25) is 4.79 Å². The molecule has 2 N–H and O–H groups in total. The van der Waals surface area contributed by atoms with Gasteiger partial charge < -0.3 is 10.4 Å². The second-order valence-corrected chi connectivity index (χ2v) is 5.63. The van der Waals surface area contributed by atoms with E-state index in [0.29, 0.717) is 6.42 Å². The van der Waals surface area contributed by atoms with Crippen LogP contribution in [0.5, 0.6) is 0 Å². The molecule has 1 aromatic rings. The lowest BCUT2D eigenvalue weighted by molar-refractivity contribution is 0.0890. The zero-order valence-corrected chi connectivity index (χ0v) is 11.6. The minimum atomic E-state index is -0.317. The second kappa shape index (κ2) is 6.17. The van der Waals surface area contributed by atoms with Gasteiger partial charge in [-0.1, -0.05) is 13.8 Å². The molecule has 96 valence electrons. The Labute approximate surface area is 107 Å². The normalized spacial score (nSPS) is 14.4. The van der Waals surface area contributed by atoms with E-state index in [-0.39, 0.29) is 18.1 Å². The number of nitrogens with one attached hydrogen (secondary N) is 1. The van der Waals surface area contributed by atoms with Gasteiger partial charge in [0.1, 0.15) is 0 Å². The number of carbonyl (C=O) groups is 1. The quantitative estimate of drug-likeness (QED) is 0.821. The average molecular weight is 255 g/mol. The van der Waals surface area contributed by atoms with Crippen LogP contribution in [0.1, 0.15) is 48.2 Å². The summed E-state index contributed by atoms with van der Waals surface area (Å²) in [4.78, 5) is 14.0. The first-order valence-electron chi connectivity index (χ1n) is 6.06. The first-order chi connectivity index (χ1) is 8.04. The number of hydrogen-bond donors (Lipinski definition) is 2. The number of rotatable bonds is 6. The van der Waals surface area contributed by atoms with Crippen molar-refractivity contribution >= 4 is 17.2 Å². The molecular weight excluding hydrogens is 234 g/mol. The van der Waals surface area contributed by atoms with Gasteiger partial charge in [0.25, 0.3) is 5.91 Å². The Morgan fingerprint density at radius 2 is 2.18 bits per heavy atom. The van der Waals surface area contributed by atoms with E-state index in [4.69, 9.17) is 5.11 Å². The van der Waals surface area contributed by atoms with Crippen LogP contribution >= 0.6 is 11.3 Å². The van der Waals surface area contributed by atoms with Crippen LogP contribution in [-0.4, -0.2) is 23.2 Å². The van der Waals surface area contributed by atoms with Crippen molar-refractivity contribution in [3.8, 4) is 0 Å². The van der Waals surface area contributed by atoms with E-state index < -0.39 is 0 Å². The lowest BCUT2D eigenvalue weighted by atomic mass is 9.95. The molecule has 1 aromatic heterocycles. The van der Waals surface area contributed by atoms with Gasteiger partial charge in [-0.15, -0.1) is 11.3 Å². The molecule has 17 heavy (non-hydrogen) atoms. The van der Waals surface area contributed by atoms with Gasteiger partial charge in [0, 0.05) is 17.0 Å². The van der Waals surface area contributed by atoms with E-state index in [1.54, 1.807) is 0 Å². The molecule has 0 radical (unpaired) electrons. The molecular formula is C13H21NO2S. The van der Waals surface area contributed by atoms with Crippen LogP contribution in [0.3, 0.4) is 0 Å². The highest BCUT2D eigenvalue weighted by atomic mass is 32.1. The fraction of sp³-hybridized carbons (Fsp3) is 0.615. The molecule has 0 aliphatic carbocycles. The highest BCUT2D eigenvalue weighted by molar-refractivity contribution is 7.14. The lowest BCUT2D eigenvalue weighted by Crippen LogP contribution is -2.45. The molecule has 0 saturated heterocycles. The molecule has 1 amide bonds. The molecule has 0 spiro atoms. The van der Waals surface area contributed by atoms with Crippen molar-refractivity contribution in [2.24, 2.45) is 0 Å². The zero-order chi connectivity index (χ0) is 12.9. The molecule has 0 aliphatic rings. The first-order valence-corrected chi connectivity index (χ1v) is 6.88. The lowest BCUT2D eigenvalue weighted by Gasteiger charge is -2.28. The summed E-state index contributed by atoms with van der Waals surface area (Å²) in [6.07, 6.45) is 2.35. The Kier molecular flexibility index (Phi) is 5.15. The van der Waals surface area contributed by atoms with E-state index in [2.05, 4.69) is 12.2 Å². The number of aliphatic hydroxyl groups excluding tert-OH is 1. The number of thiophene rings is 1. The summed E-state index contributed by atoms with van der Waals surface area (Å²) in [5, 5.41) is 12.0. The first kappa shape index (κ1) is 14.2. The molecule has 0 aliphatic heterocycles. The molecule has 0 bridgehead atoms. The molecule has 3 nitrogen and oxygen atoms in total. The molecule has 0 fully saturated rings. The van der Waals surface area contributed by atoms with Crippen molar-refractivity contribution in [2.45, 2.75) is 45.6 Å². The molecule has 4 heteroatoms. The summed E-state index contributed by atoms with van der Waals surface area (Å²) in [6.45, 7) is 6.15. The van der Waals surface area contributed by atoms with Gasteiger partial charge in [-0.25, -0.2) is 0 Å².